The SMILES string of the molecule is CCC(=O)c1cc(S(=O)(=O)NC)c(Cl)cc1Cl. The first-order valence-corrected chi connectivity index (χ1v) is 7.03. The first kappa shape index (κ1) is 14.4. The molecule has 0 saturated heterocycles. The van der Waals surface area contributed by atoms with E-state index in [4.69, 9.17) is 23.2 Å². The average Bonchev–Trinajstić information content (AvgIpc) is 2.27. The first-order valence-electron chi connectivity index (χ1n) is 4.79. The van der Waals surface area contributed by atoms with Crippen molar-refractivity contribution in [1.82, 2.24) is 4.72 Å². The van der Waals surface area contributed by atoms with Gasteiger partial charge in [-0.2, -0.15) is 0 Å². The molecule has 0 saturated carbocycles. The van der Waals surface area contributed by atoms with E-state index < -0.39 is 10.0 Å². The van der Waals surface area contributed by atoms with Crippen LogP contribution in [0.3, 0.4) is 0 Å². The predicted molar refractivity (Wildman–Crippen MR) is 67.3 cm³/mol. The van der Waals surface area contributed by atoms with Gasteiger partial charge in [-0.05, 0) is 19.2 Å². The number of nitrogens with one attached hydrogen (secondary N) is 1. The van der Waals surface area contributed by atoms with E-state index in [9.17, 15) is 13.2 Å². The molecular weight excluding hydrogens is 285 g/mol. The molecule has 0 unspecified atom stereocenters. The Labute approximate surface area is 110 Å². The molecule has 7 heteroatoms. The molecular formula is C10H11Cl2NO3S. The number of sulfonamides is 1. The maximum absolute atomic E-state index is 11.6. The number of Topliss-reactive ketones (excluding diaryl/α,β-unsaturated/α-hetero) is 1. The van der Waals surface area contributed by atoms with Gasteiger partial charge in [0, 0.05) is 12.0 Å². The summed E-state index contributed by atoms with van der Waals surface area (Å²) in [5.74, 6) is -0.237. The Morgan fingerprint density at radius 1 is 1.29 bits per heavy atom. The first-order chi connectivity index (χ1) is 7.83. The summed E-state index contributed by atoms with van der Waals surface area (Å²) in [6.07, 6.45) is 0.237. The van der Waals surface area contributed by atoms with Gasteiger partial charge in [0.2, 0.25) is 10.0 Å². The average molecular weight is 296 g/mol. The maximum atomic E-state index is 11.6. The molecule has 17 heavy (non-hydrogen) atoms. The fourth-order valence-corrected chi connectivity index (χ4v) is 2.85. The molecule has 0 spiro atoms. The molecule has 0 bridgehead atoms. The van der Waals surface area contributed by atoms with Crippen LogP contribution in [0.1, 0.15) is 23.7 Å². The van der Waals surface area contributed by atoms with Crippen molar-refractivity contribution in [2.24, 2.45) is 0 Å². The monoisotopic (exact) mass is 295 g/mol. The molecule has 0 heterocycles. The van der Waals surface area contributed by atoms with Crippen LogP contribution in [0.15, 0.2) is 17.0 Å². The van der Waals surface area contributed by atoms with E-state index in [-0.39, 0.29) is 32.7 Å². The van der Waals surface area contributed by atoms with Crippen LogP contribution in [-0.2, 0) is 10.0 Å². The molecule has 0 aliphatic rings. The highest BCUT2D eigenvalue weighted by molar-refractivity contribution is 7.89. The predicted octanol–water partition coefficient (Wildman–Crippen LogP) is 2.49. The third kappa shape index (κ3) is 2.98. The van der Waals surface area contributed by atoms with E-state index >= 15 is 0 Å². The van der Waals surface area contributed by atoms with Crippen molar-refractivity contribution < 1.29 is 13.2 Å². The van der Waals surface area contributed by atoms with E-state index in [2.05, 4.69) is 4.72 Å². The summed E-state index contributed by atoms with van der Waals surface area (Å²) in [6, 6.07) is 2.46. The molecule has 0 fully saturated rings. The molecule has 1 N–H and O–H groups in total. The van der Waals surface area contributed by atoms with Crippen LogP contribution in [0.2, 0.25) is 10.0 Å². The fourth-order valence-electron chi connectivity index (χ4n) is 1.25. The Morgan fingerprint density at radius 2 is 1.88 bits per heavy atom. The number of hydrogen-bond acceptors (Lipinski definition) is 3. The lowest BCUT2D eigenvalue weighted by Crippen LogP contribution is -2.19. The zero-order valence-corrected chi connectivity index (χ0v) is 11.6. The number of halogens is 2. The van der Waals surface area contributed by atoms with Gasteiger partial charge in [-0.3, -0.25) is 4.79 Å². The summed E-state index contributed by atoms with van der Waals surface area (Å²) in [6.45, 7) is 1.67. The number of carbonyl (C=O) groups excluding carboxylic acids is 1. The van der Waals surface area contributed by atoms with Crippen molar-refractivity contribution in [3.63, 3.8) is 0 Å². The molecule has 0 amide bonds. The third-order valence-corrected chi connectivity index (χ3v) is 4.39. The van der Waals surface area contributed by atoms with Crippen molar-refractivity contribution in [3.05, 3.63) is 27.7 Å². The molecule has 1 rings (SSSR count). The van der Waals surface area contributed by atoms with Crippen molar-refractivity contribution in [2.45, 2.75) is 18.2 Å². The highest BCUT2D eigenvalue weighted by atomic mass is 35.5. The second-order valence-electron chi connectivity index (χ2n) is 3.25. The van der Waals surface area contributed by atoms with E-state index in [1.165, 1.54) is 19.2 Å². The van der Waals surface area contributed by atoms with Gasteiger partial charge in [-0.15, -0.1) is 0 Å². The van der Waals surface area contributed by atoms with Crippen molar-refractivity contribution in [3.8, 4) is 0 Å². The van der Waals surface area contributed by atoms with E-state index in [1.807, 2.05) is 0 Å². The number of carbonyl (C=O) groups is 1. The molecule has 1 aromatic carbocycles. The minimum atomic E-state index is -3.70. The summed E-state index contributed by atoms with van der Waals surface area (Å²) in [5.41, 5.74) is 0.160. The van der Waals surface area contributed by atoms with Gasteiger partial charge in [-0.1, -0.05) is 30.1 Å². The van der Waals surface area contributed by atoms with Crippen molar-refractivity contribution in [1.29, 1.82) is 0 Å². The molecule has 94 valence electrons. The van der Waals surface area contributed by atoms with E-state index in [0.29, 0.717) is 0 Å². The highest BCUT2D eigenvalue weighted by Crippen LogP contribution is 2.29. The molecule has 4 nitrogen and oxygen atoms in total. The summed E-state index contributed by atoms with van der Waals surface area (Å²) >= 11 is 11.6. The van der Waals surface area contributed by atoms with E-state index in [1.54, 1.807) is 6.92 Å². The maximum Gasteiger partial charge on any atom is 0.241 e. The van der Waals surface area contributed by atoms with Gasteiger partial charge in [0.25, 0.3) is 0 Å². The molecule has 0 aromatic heterocycles. The van der Waals surface area contributed by atoms with Crippen LogP contribution < -0.4 is 4.72 Å². The van der Waals surface area contributed by atoms with Gasteiger partial charge < -0.3 is 0 Å². The van der Waals surface area contributed by atoms with Crippen LogP contribution in [0, 0.1) is 0 Å². The molecule has 1 aromatic rings. The molecule has 0 aliphatic carbocycles. The summed E-state index contributed by atoms with van der Waals surface area (Å²) in [5, 5.41) is 0.133. The van der Waals surface area contributed by atoms with Crippen LogP contribution in [-0.4, -0.2) is 21.2 Å². The number of rotatable bonds is 4. The zero-order chi connectivity index (χ0) is 13.2. The molecule has 0 aliphatic heterocycles. The highest BCUT2D eigenvalue weighted by Gasteiger charge is 2.20. The molecule has 0 radical (unpaired) electrons. The fraction of sp³-hybridized carbons (Fsp3) is 0.300. The van der Waals surface area contributed by atoms with Crippen LogP contribution in [0.5, 0.6) is 0 Å². The normalized spacial score (nSPS) is 11.5. The van der Waals surface area contributed by atoms with E-state index in [0.717, 1.165) is 0 Å². The second kappa shape index (κ2) is 5.35. The van der Waals surface area contributed by atoms with Gasteiger partial charge in [-0.25, -0.2) is 13.1 Å². The Bertz CT molecular complexity index is 555. The van der Waals surface area contributed by atoms with Gasteiger partial charge in [0.1, 0.15) is 4.90 Å². The van der Waals surface area contributed by atoms with Crippen molar-refractivity contribution in [2.75, 3.05) is 7.05 Å². The molecule has 0 atom stereocenters. The lowest BCUT2D eigenvalue weighted by molar-refractivity contribution is 0.0988. The summed E-state index contributed by atoms with van der Waals surface area (Å²) in [7, 11) is -2.44. The number of benzene rings is 1. The second-order valence-corrected chi connectivity index (χ2v) is 5.92. The summed E-state index contributed by atoms with van der Waals surface area (Å²) in [4.78, 5) is 11.4. The Kier molecular flexibility index (Phi) is 4.55. The lowest BCUT2D eigenvalue weighted by atomic mass is 10.1. The summed E-state index contributed by atoms with van der Waals surface area (Å²) < 4.78 is 25.4. The van der Waals surface area contributed by atoms with Crippen LogP contribution in [0.4, 0.5) is 0 Å². The third-order valence-electron chi connectivity index (χ3n) is 2.20. The number of hydrogen-bond donors (Lipinski definition) is 1. The van der Waals surface area contributed by atoms with Crippen LogP contribution >= 0.6 is 23.2 Å². The standard InChI is InChI=1S/C10H11Cl2NO3S/c1-3-9(14)6-4-10(17(15,16)13-2)8(12)5-7(6)11/h4-5,13H,3H2,1-2H3. The lowest BCUT2D eigenvalue weighted by Gasteiger charge is -2.08. The van der Waals surface area contributed by atoms with Gasteiger partial charge >= 0.3 is 0 Å². The topological polar surface area (TPSA) is 63.2 Å². The van der Waals surface area contributed by atoms with Gasteiger partial charge in [0.05, 0.1) is 10.0 Å². The minimum Gasteiger partial charge on any atom is -0.294 e. The van der Waals surface area contributed by atoms with Crippen molar-refractivity contribution >= 4 is 39.0 Å². The quantitative estimate of drug-likeness (QED) is 0.868. The smallest absolute Gasteiger partial charge is 0.241 e. The Hall–Kier alpha value is -0.620. The zero-order valence-electron chi connectivity index (χ0n) is 9.25. The Morgan fingerprint density at radius 3 is 2.35 bits per heavy atom. The van der Waals surface area contributed by atoms with Gasteiger partial charge in [0.15, 0.2) is 5.78 Å². The number of ketones is 1. The van der Waals surface area contributed by atoms with Crippen LogP contribution in [0.25, 0.3) is 0 Å². The minimum absolute atomic E-state index is 0.0167. The largest absolute Gasteiger partial charge is 0.294 e. The Balaban J connectivity index is 3.50.